The Balaban J connectivity index is 0.000000407. The average molecular weight is 484 g/mol. The fraction of sp³-hybridized carbons (Fsp3) is 0.562. The van der Waals surface area contributed by atoms with Crippen molar-refractivity contribution >= 4 is 43.0 Å². The van der Waals surface area contributed by atoms with E-state index >= 15 is 0 Å². The van der Waals surface area contributed by atoms with Crippen LogP contribution < -0.4 is 11.1 Å². The van der Waals surface area contributed by atoms with Crippen LogP contribution in [0.3, 0.4) is 0 Å². The van der Waals surface area contributed by atoms with E-state index in [2.05, 4.69) is 27.2 Å². The molecule has 2 rings (SSSR count). The van der Waals surface area contributed by atoms with Crippen molar-refractivity contribution in [2.45, 2.75) is 50.2 Å². The molecule has 0 aliphatic rings. The zero-order valence-electron chi connectivity index (χ0n) is 17.1. The minimum atomic E-state index is -4.70. The minimum Gasteiger partial charge on any atom is -0.394 e. The van der Waals surface area contributed by atoms with E-state index in [1.165, 1.54) is 6.07 Å². The number of nitrogens with zero attached hydrogens (tertiary/aromatic N) is 3. The standard InChI is InChI=1S/C14H20FN5O.C2H6O6S2/c1-3-4-5-14(2,8-21)20-12-11-10(18-13(16)19-12)6-9(15)7-17-11;1-2(9(3,4)5)10(6,7)8/h6-7,21H,3-5,8H2,1-2H3,(H3,16,18,19,20);2H,1H3,(H,3,4,5)(H,6,7,8)/t14-;/m1./s1. The minimum absolute atomic E-state index is 0.0354. The molecular formula is C16H26FN5O7S2. The molecule has 1 atom stereocenters. The zero-order valence-corrected chi connectivity index (χ0v) is 18.8. The summed E-state index contributed by atoms with van der Waals surface area (Å²) in [6.07, 6.45) is 3.86. The Labute approximate surface area is 179 Å². The van der Waals surface area contributed by atoms with E-state index in [-0.39, 0.29) is 12.6 Å². The molecule has 6 N–H and O–H groups in total. The smallest absolute Gasteiger partial charge is 0.284 e. The SMILES string of the molecule is CC(S(=O)(=O)O)S(=O)(=O)O.CCCC[C@](C)(CO)Nc1nc(N)nc2cc(F)cnc12. The van der Waals surface area contributed by atoms with Gasteiger partial charge in [-0.1, -0.05) is 19.8 Å². The highest BCUT2D eigenvalue weighted by Gasteiger charge is 2.29. The molecule has 2 heterocycles. The fourth-order valence-corrected chi connectivity index (χ4v) is 3.52. The van der Waals surface area contributed by atoms with Gasteiger partial charge < -0.3 is 16.2 Å². The Hall–Kier alpha value is -2.20. The van der Waals surface area contributed by atoms with E-state index in [0.29, 0.717) is 23.8 Å². The van der Waals surface area contributed by atoms with Crippen molar-refractivity contribution in [1.29, 1.82) is 0 Å². The molecule has 12 nitrogen and oxygen atoms in total. The van der Waals surface area contributed by atoms with Crippen molar-refractivity contribution in [3.63, 3.8) is 0 Å². The molecule has 0 bridgehead atoms. The van der Waals surface area contributed by atoms with Crippen LogP contribution in [0.1, 0.15) is 40.0 Å². The highest BCUT2D eigenvalue weighted by molar-refractivity contribution is 8.03. The lowest BCUT2D eigenvalue weighted by Crippen LogP contribution is -2.39. The molecule has 0 saturated heterocycles. The van der Waals surface area contributed by atoms with Gasteiger partial charge in [0.05, 0.1) is 23.9 Å². The van der Waals surface area contributed by atoms with Crippen LogP contribution in [0.2, 0.25) is 0 Å². The number of fused-ring (bicyclic) bond motifs is 1. The molecular weight excluding hydrogens is 457 g/mol. The number of hydrogen-bond acceptors (Lipinski definition) is 10. The van der Waals surface area contributed by atoms with Crippen LogP contribution in [0.15, 0.2) is 12.3 Å². The highest BCUT2D eigenvalue weighted by Crippen LogP contribution is 2.25. The van der Waals surface area contributed by atoms with E-state index in [1.54, 1.807) is 0 Å². The number of aliphatic hydroxyl groups is 1. The van der Waals surface area contributed by atoms with Crippen LogP contribution in [-0.2, 0) is 20.2 Å². The number of halogens is 1. The Kier molecular flexibility index (Phi) is 9.01. The number of hydrogen-bond donors (Lipinski definition) is 5. The highest BCUT2D eigenvalue weighted by atomic mass is 32.3. The molecule has 0 spiro atoms. The second-order valence-electron chi connectivity index (χ2n) is 7.00. The van der Waals surface area contributed by atoms with Gasteiger partial charge in [-0.25, -0.2) is 14.4 Å². The van der Waals surface area contributed by atoms with E-state index in [0.717, 1.165) is 25.5 Å². The zero-order chi connectivity index (χ0) is 24.0. The Bertz CT molecular complexity index is 1080. The summed E-state index contributed by atoms with van der Waals surface area (Å²) in [6, 6.07) is 1.26. The van der Waals surface area contributed by atoms with Crippen LogP contribution in [0.4, 0.5) is 16.2 Å². The lowest BCUT2D eigenvalue weighted by atomic mass is 9.96. The van der Waals surface area contributed by atoms with Gasteiger partial charge in [-0.2, -0.15) is 21.8 Å². The molecule has 2 aromatic heterocycles. The number of nitrogen functional groups attached to an aromatic ring is 1. The summed E-state index contributed by atoms with van der Waals surface area (Å²) in [5, 5.41) is 12.8. The third kappa shape index (κ3) is 8.10. The summed E-state index contributed by atoms with van der Waals surface area (Å²) in [5.41, 5.74) is 5.88. The quantitative estimate of drug-likeness (QED) is 0.336. The van der Waals surface area contributed by atoms with Crippen LogP contribution in [0, 0.1) is 5.82 Å². The van der Waals surface area contributed by atoms with E-state index in [9.17, 15) is 26.3 Å². The predicted molar refractivity (Wildman–Crippen MR) is 113 cm³/mol. The largest absolute Gasteiger partial charge is 0.394 e. The molecule has 0 aliphatic carbocycles. The van der Waals surface area contributed by atoms with Crippen molar-refractivity contribution in [2.75, 3.05) is 17.7 Å². The molecule has 31 heavy (non-hydrogen) atoms. The number of pyridine rings is 1. The Morgan fingerprint density at radius 2 is 1.81 bits per heavy atom. The van der Waals surface area contributed by atoms with Gasteiger partial charge >= 0.3 is 0 Å². The number of rotatable bonds is 8. The van der Waals surface area contributed by atoms with Crippen molar-refractivity contribution in [2.24, 2.45) is 0 Å². The first-order chi connectivity index (χ1) is 14.1. The predicted octanol–water partition coefficient (Wildman–Crippen LogP) is 1.21. The van der Waals surface area contributed by atoms with Gasteiger partial charge in [0.1, 0.15) is 11.3 Å². The first-order valence-corrected chi connectivity index (χ1v) is 12.0. The average Bonchev–Trinajstić information content (AvgIpc) is 2.64. The summed E-state index contributed by atoms with van der Waals surface area (Å²) in [7, 11) is -9.40. The van der Waals surface area contributed by atoms with Gasteiger partial charge in [0.15, 0.2) is 5.82 Å². The molecule has 0 aliphatic heterocycles. The maximum absolute atomic E-state index is 13.2. The van der Waals surface area contributed by atoms with Crippen molar-refractivity contribution in [3.8, 4) is 0 Å². The van der Waals surface area contributed by atoms with Crippen LogP contribution >= 0.6 is 0 Å². The van der Waals surface area contributed by atoms with Gasteiger partial charge in [0.25, 0.3) is 20.2 Å². The van der Waals surface area contributed by atoms with Crippen molar-refractivity contribution < 1.29 is 35.4 Å². The third-order valence-electron chi connectivity index (χ3n) is 4.21. The Morgan fingerprint density at radius 1 is 1.23 bits per heavy atom. The van der Waals surface area contributed by atoms with E-state index in [4.69, 9.17) is 14.8 Å². The van der Waals surface area contributed by atoms with Crippen LogP contribution in [0.25, 0.3) is 11.0 Å². The first kappa shape index (κ1) is 26.8. The van der Waals surface area contributed by atoms with Gasteiger partial charge in [-0.15, -0.1) is 0 Å². The Morgan fingerprint density at radius 3 is 2.26 bits per heavy atom. The number of aliphatic hydroxyl groups excluding tert-OH is 1. The third-order valence-corrected chi connectivity index (χ3v) is 7.35. The first-order valence-electron chi connectivity index (χ1n) is 9.03. The summed E-state index contributed by atoms with van der Waals surface area (Å²) in [6.45, 7) is 4.58. The van der Waals surface area contributed by atoms with E-state index in [1.807, 2.05) is 6.92 Å². The molecule has 176 valence electrons. The van der Waals surface area contributed by atoms with Gasteiger partial charge in [0.2, 0.25) is 10.5 Å². The molecule has 15 heteroatoms. The summed E-state index contributed by atoms with van der Waals surface area (Å²) < 4.78 is 67.2. The molecule has 0 unspecified atom stereocenters. The number of anilines is 2. The fourth-order valence-electron chi connectivity index (χ4n) is 2.29. The lowest BCUT2D eigenvalue weighted by Gasteiger charge is -2.29. The second kappa shape index (κ2) is 10.4. The number of nitrogens with two attached hydrogens (primary N) is 1. The van der Waals surface area contributed by atoms with Crippen molar-refractivity contribution in [3.05, 3.63) is 18.1 Å². The summed E-state index contributed by atoms with van der Waals surface area (Å²) in [4.78, 5) is 12.1. The monoisotopic (exact) mass is 483 g/mol. The summed E-state index contributed by atoms with van der Waals surface area (Å²) in [5.74, 6) is -0.0409. The normalized spacial score (nSPS) is 14.1. The maximum Gasteiger partial charge on any atom is 0.284 e. The van der Waals surface area contributed by atoms with Crippen molar-refractivity contribution in [1.82, 2.24) is 15.0 Å². The van der Waals surface area contributed by atoms with Gasteiger partial charge in [0, 0.05) is 6.07 Å². The van der Waals surface area contributed by atoms with Gasteiger partial charge in [-0.3, -0.25) is 9.11 Å². The lowest BCUT2D eigenvalue weighted by molar-refractivity contribution is 0.212. The van der Waals surface area contributed by atoms with E-state index < -0.39 is 36.2 Å². The van der Waals surface area contributed by atoms with Crippen LogP contribution in [-0.4, -0.2) is 62.7 Å². The molecule has 0 aromatic carbocycles. The molecule has 0 radical (unpaired) electrons. The van der Waals surface area contributed by atoms with Gasteiger partial charge in [-0.05, 0) is 20.3 Å². The molecule has 0 fully saturated rings. The number of unbranched alkanes of at least 4 members (excludes halogenated alkanes) is 1. The topological polar surface area (TPSA) is 206 Å². The molecule has 0 saturated carbocycles. The second-order valence-corrected chi connectivity index (χ2v) is 10.8. The summed E-state index contributed by atoms with van der Waals surface area (Å²) >= 11 is 0. The molecule has 2 aromatic rings. The number of nitrogens with one attached hydrogen (secondary N) is 1. The van der Waals surface area contributed by atoms with Crippen LogP contribution in [0.5, 0.6) is 0 Å². The number of aromatic nitrogens is 3. The molecule has 0 amide bonds. The maximum atomic E-state index is 13.2.